The summed E-state index contributed by atoms with van der Waals surface area (Å²) in [6.45, 7) is 0. The van der Waals surface area contributed by atoms with Crippen LogP contribution in [-0.4, -0.2) is 14.5 Å². The van der Waals surface area contributed by atoms with Crippen LogP contribution in [0.3, 0.4) is 0 Å². The van der Waals surface area contributed by atoms with Crippen LogP contribution in [-0.2, 0) is 37.1 Å². The van der Waals surface area contributed by atoms with Crippen molar-refractivity contribution in [2.24, 2.45) is 0 Å². The van der Waals surface area contributed by atoms with Gasteiger partial charge in [-0.2, -0.15) is 79.0 Å². The van der Waals surface area contributed by atoms with Crippen LogP contribution < -0.4 is 0 Å². The second-order valence-corrected chi connectivity index (χ2v) is 19.6. The molecule has 85 heavy (non-hydrogen) atoms. The number of nitrogens with zero attached hydrogens (tertiary/aromatic N) is 3. The number of hydrogen-bond donors (Lipinski definition) is 0. The molecule has 0 aliphatic heterocycles. The summed E-state index contributed by atoms with van der Waals surface area (Å²) in [5.41, 5.74) is -11.5. The molecule has 3 nitrogen and oxygen atoms in total. The second kappa shape index (κ2) is 20.7. The third kappa shape index (κ3) is 11.3. The summed E-state index contributed by atoms with van der Waals surface area (Å²) in [4.78, 5) is 9.68. The van der Waals surface area contributed by atoms with Crippen LogP contribution in [0.4, 0.5) is 79.0 Å². The van der Waals surface area contributed by atoms with Gasteiger partial charge >= 0.3 is 37.1 Å². The molecule has 11 rings (SSSR count). The maximum Gasteiger partial charge on any atom is 0.417 e. The maximum absolute atomic E-state index is 14.9. The summed E-state index contributed by atoms with van der Waals surface area (Å²) in [6, 6.07) is 37.2. The first kappa shape index (κ1) is 57.4. The highest BCUT2D eigenvalue weighted by Gasteiger charge is 2.41. The molecule has 0 unspecified atom stereocenters. The van der Waals surface area contributed by atoms with Crippen LogP contribution in [0.25, 0.3) is 106 Å². The molecule has 0 fully saturated rings. The minimum Gasteiger partial charge on any atom is -0.308 e. The van der Waals surface area contributed by atoms with Crippen molar-refractivity contribution in [3.8, 4) is 84.1 Å². The van der Waals surface area contributed by atoms with E-state index in [1.807, 2.05) is 0 Å². The molecule has 0 atom stereocenters. The molecule has 0 bridgehead atoms. The lowest BCUT2D eigenvalue weighted by atomic mass is 9.90. The molecule has 430 valence electrons. The lowest BCUT2D eigenvalue weighted by Crippen LogP contribution is -2.12. The van der Waals surface area contributed by atoms with E-state index in [9.17, 15) is 79.0 Å². The molecule has 0 amide bonds. The maximum atomic E-state index is 14.9. The van der Waals surface area contributed by atoms with Gasteiger partial charge < -0.3 is 4.57 Å². The quantitative estimate of drug-likeness (QED) is 0.142. The zero-order chi connectivity index (χ0) is 60.8. The van der Waals surface area contributed by atoms with Crippen LogP contribution >= 0.6 is 0 Å². The van der Waals surface area contributed by atoms with Crippen molar-refractivity contribution < 1.29 is 79.0 Å². The largest absolute Gasteiger partial charge is 0.417 e. The van der Waals surface area contributed by atoms with Gasteiger partial charge in [0, 0.05) is 38.6 Å². The highest BCUT2D eigenvalue weighted by Crippen LogP contribution is 2.50. The van der Waals surface area contributed by atoms with E-state index in [0.29, 0.717) is 41.1 Å². The molecule has 2 heterocycles. The average molecular weight is 1190 g/mol. The number of hydrogen-bond acceptors (Lipinski definition) is 2. The predicted molar refractivity (Wildman–Crippen MR) is 284 cm³/mol. The van der Waals surface area contributed by atoms with Crippen LogP contribution in [0.5, 0.6) is 0 Å². The predicted octanol–water partition coefficient (Wildman–Crippen LogP) is 21.4. The van der Waals surface area contributed by atoms with Crippen LogP contribution in [0, 0.1) is 0 Å². The molecule has 0 saturated heterocycles. The van der Waals surface area contributed by atoms with E-state index in [-0.39, 0.29) is 79.0 Å². The van der Waals surface area contributed by atoms with Crippen molar-refractivity contribution >= 4 is 21.8 Å². The van der Waals surface area contributed by atoms with Crippen LogP contribution in [0.2, 0.25) is 0 Å². The Morgan fingerprint density at radius 2 is 0.624 bits per heavy atom. The van der Waals surface area contributed by atoms with Gasteiger partial charge in [-0.25, -0.2) is 9.97 Å². The van der Waals surface area contributed by atoms with E-state index in [0.717, 1.165) is 72.8 Å². The molecule has 21 heteroatoms. The molecule has 0 N–H and O–H groups in total. The fourth-order valence-corrected chi connectivity index (χ4v) is 10.3. The number of fused-ring (bicyclic) bond motifs is 3. The van der Waals surface area contributed by atoms with E-state index in [1.165, 1.54) is 28.8 Å². The summed E-state index contributed by atoms with van der Waals surface area (Å²) in [6.07, 6.45) is -31.4. The summed E-state index contributed by atoms with van der Waals surface area (Å²) in [5, 5.41) is -0.402. The Kier molecular flexibility index (Phi) is 14.0. The fraction of sp³-hybridized carbons (Fsp3) is 0.0938. The van der Waals surface area contributed by atoms with Crippen molar-refractivity contribution in [1.29, 1.82) is 0 Å². The highest BCUT2D eigenvalue weighted by atomic mass is 19.4. The molecule has 0 spiro atoms. The monoisotopic (exact) mass is 1190 g/mol. The average Bonchev–Trinajstić information content (AvgIpc) is 1.67. The summed E-state index contributed by atoms with van der Waals surface area (Å²) in [5.74, 6) is 0.139. The van der Waals surface area contributed by atoms with Gasteiger partial charge in [0.1, 0.15) is 0 Å². The number of halogens is 18. The molecule has 0 aliphatic rings. The first-order chi connectivity index (χ1) is 39.9. The number of benzene rings is 9. The minimum atomic E-state index is -5.45. The summed E-state index contributed by atoms with van der Waals surface area (Å²) < 4.78 is 263. The van der Waals surface area contributed by atoms with E-state index >= 15 is 0 Å². The normalized spacial score (nSPS) is 12.8. The van der Waals surface area contributed by atoms with Gasteiger partial charge in [-0.1, -0.05) is 109 Å². The number of rotatable bonds is 8. The first-order valence-electron chi connectivity index (χ1n) is 25.1. The minimum absolute atomic E-state index is 0.0784. The van der Waals surface area contributed by atoms with Gasteiger partial charge in [0.15, 0.2) is 5.82 Å². The Labute approximate surface area is 468 Å². The summed E-state index contributed by atoms with van der Waals surface area (Å²) in [7, 11) is 0. The standard InChI is InChI=1S/C64H33F18N3/c65-59(66,67)41-15-7-13-36(25-41)47-29-40(54-33-53(34-9-3-1-4-10-34)83-58(84-54)35-11-5-2-6-12-35)30-48(37-14-8-16-42(26-37)60(68,69)70)57(47)85-55-23-17-38(45-21-19-43(61(71,72)73)31-51(45)63(77,78)79)27-49(55)50-28-39(18-24-56(50)85)46-22-20-44(62(74,75)76)32-52(46)64(80,81)82/h1-33H. The molecular weight excluding hydrogens is 1150 g/mol. The van der Waals surface area contributed by atoms with Crippen molar-refractivity contribution in [2.45, 2.75) is 37.1 Å². The van der Waals surface area contributed by atoms with E-state index in [2.05, 4.69) is 0 Å². The third-order valence-corrected chi connectivity index (χ3v) is 14.2. The first-order valence-corrected chi connectivity index (χ1v) is 25.1. The van der Waals surface area contributed by atoms with E-state index < -0.39 is 92.7 Å². The molecule has 0 saturated carbocycles. The molecule has 2 aromatic heterocycles. The molecule has 0 radical (unpaired) electrons. The van der Waals surface area contributed by atoms with Gasteiger partial charge in [-0.3, -0.25) is 0 Å². The van der Waals surface area contributed by atoms with Gasteiger partial charge in [0.05, 0.1) is 61.5 Å². The Balaban J connectivity index is 1.30. The van der Waals surface area contributed by atoms with Gasteiger partial charge in [0.2, 0.25) is 0 Å². The van der Waals surface area contributed by atoms with Crippen LogP contribution in [0.1, 0.15) is 33.4 Å². The molecular formula is C64H33F18N3. The smallest absolute Gasteiger partial charge is 0.308 e. The molecule has 9 aromatic carbocycles. The van der Waals surface area contributed by atoms with Gasteiger partial charge in [0.25, 0.3) is 0 Å². The topological polar surface area (TPSA) is 30.7 Å². The fourth-order valence-electron chi connectivity index (χ4n) is 10.3. The van der Waals surface area contributed by atoms with Gasteiger partial charge in [-0.05, 0) is 124 Å². The zero-order valence-electron chi connectivity index (χ0n) is 42.7. The Hall–Kier alpha value is -9.40. The van der Waals surface area contributed by atoms with Crippen molar-refractivity contribution in [1.82, 2.24) is 14.5 Å². The van der Waals surface area contributed by atoms with E-state index in [4.69, 9.17) is 9.97 Å². The summed E-state index contributed by atoms with van der Waals surface area (Å²) >= 11 is 0. The Morgan fingerprint density at radius 3 is 1.02 bits per heavy atom. The number of aromatic nitrogens is 3. The Morgan fingerprint density at radius 1 is 0.259 bits per heavy atom. The van der Waals surface area contributed by atoms with Crippen molar-refractivity contribution in [3.05, 3.63) is 234 Å². The van der Waals surface area contributed by atoms with Crippen LogP contribution in [0.15, 0.2) is 200 Å². The Bertz CT molecular complexity index is 4110. The molecule has 0 aliphatic carbocycles. The van der Waals surface area contributed by atoms with E-state index in [1.54, 1.807) is 66.7 Å². The highest BCUT2D eigenvalue weighted by molar-refractivity contribution is 6.13. The lowest BCUT2D eigenvalue weighted by Gasteiger charge is -2.22. The number of alkyl halides is 18. The van der Waals surface area contributed by atoms with Crippen molar-refractivity contribution in [3.63, 3.8) is 0 Å². The third-order valence-electron chi connectivity index (χ3n) is 14.2. The SMILES string of the molecule is FC(F)(F)c1cccc(-c2cc(-c3cc(-c4ccccc4)nc(-c4ccccc4)n3)cc(-c3cccc(C(F)(F)F)c3)c2-n2c3ccc(-c4ccc(C(F)(F)F)cc4C(F)(F)F)cc3c3cc(-c4ccc(C(F)(F)F)cc4C(F)(F)F)ccc32)c1. The van der Waals surface area contributed by atoms with Gasteiger partial charge in [-0.15, -0.1) is 0 Å². The lowest BCUT2D eigenvalue weighted by molar-refractivity contribution is -0.144. The second-order valence-electron chi connectivity index (χ2n) is 19.6. The zero-order valence-corrected chi connectivity index (χ0v) is 42.7. The molecule has 11 aromatic rings. The van der Waals surface area contributed by atoms with Crippen molar-refractivity contribution in [2.75, 3.05) is 0 Å².